The molecule has 0 aliphatic rings. The first-order valence-corrected chi connectivity index (χ1v) is 7.62. The number of hydrogen-bond acceptors (Lipinski definition) is 3. The summed E-state index contributed by atoms with van der Waals surface area (Å²) in [6, 6.07) is 5.68. The Bertz CT molecular complexity index is 834. The van der Waals surface area contributed by atoms with Crippen molar-refractivity contribution < 1.29 is 9.15 Å². The van der Waals surface area contributed by atoms with Crippen molar-refractivity contribution in [3.8, 4) is 5.75 Å². The molecule has 2 rings (SSSR count). The minimum absolute atomic E-state index is 0.379. The van der Waals surface area contributed by atoms with Crippen LogP contribution >= 0.6 is 0 Å². The molecule has 0 atom stereocenters. The molecule has 0 spiro atoms. The molecule has 124 valence electrons. The molecule has 0 aromatic carbocycles. The molecule has 1 N–H and O–H groups in total. The standard InChI is InChI=1S/C20H21NO3/c1-15(18-14-19(23-3)16(2)20(22)24-18)10-7-5-4-6-8-11-17-12-9-13-21-17/h4-14,21H,1-3H3/b6-4+,7-5+,11-8+,15-10+. The number of methoxy groups -OCH3 is 1. The normalized spacial score (nSPS) is 12.7. The van der Waals surface area contributed by atoms with Gasteiger partial charge in [-0.2, -0.15) is 0 Å². The summed E-state index contributed by atoms with van der Waals surface area (Å²) in [5.74, 6) is 1.04. The summed E-state index contributed by atoms with van der Waals surface area (Å²) in [5.41, 5.74) is 2.00. The zero-order chi connectivity index (χ0) is 17.4. The van der Waals surface area contributed by atoms with Crippen LogP contribution in [0.1, 0.15) is 23.9 Å². The first-order chi connectivity index (χ1) is 11.6. The van der Waals surface area contributed by atoms with Crippen molar-refractivity contribution in [3.05, 3.63) is 88.3 Å². The Hall–Kier alpha value is -3.01. The minimum Gasteiger partial charge on any atom is -0.496 e. The van der Waals surface area contributed by atoms with E-state index in [4.69, 9.17) is 9.15 Å². The van der Waals surface area contributed by atoms with Crippen molar-refractivity contribution in [2.45, 2.75) is 13.8 Å². The molecule has 0 bridgehead atoms. The molecule has 4 nitrogen and oxygen atoms in total. The average Bonchev–Trinajstić information content (AvgIpc) is 3.09. The predicted molar refractivity (Wildman–Crippen MR) is 98.0 cm³/mol. The molecule has 0 saturated carbocycles. The van der Waals surface area contributed by atoms with Crippen LogP contribution in [0.2, 0.25) is 0 Å². The third-order valence-electron chi connectivity index (χ3n) is 3.44. The highest BCUT2D eigenvalue weighted by Crippen LogP contribution is 2.20. The van der Waals surface area contributed by atoms with Crippen LogP contribution < -0.4 is 10.4 Å². The fraction of sp³-hybridized carbons (Fsp3) is 0.150. The maximum Gasteiger partial charge on any atom is 0.342 e. The lowest BCUT2D eigenvalue weighted by Crippen LogP contribution is -2.06. The van der Waals surface area contributed by atoms with Gasteiger partial charge in [-0.25, -0.2) is 4.79 Å². The third-order valence-corrected chi connectivity index (χ3v) is 3.44. The number of rotatable bonds is 6. The van der Waals surface area contributed by atoms with E-state index in [1.807, 2.05) is 67.8 Å². The summed E-state index contributed by atoms with van der Waals surface area (Å²) >= 11 is 0. The molecule has 0 fully saturated rings. The van der Waals surface area contributed by atoms with Crippen LogP contribution in [0.25, 0.3) is 11.6 Å². The van der Waals surface area contributed by atoms with Gasteiger partial charge in [-0.15, -0.1) is 0 Å². The van der Waals surface area contributed by atoms with E-state index in [1.54, 1.807) is 13.0 Å². The van der Waals surface area contributed by atoms with Crippen molar-refractivity contribution in [2.24, 2.45) is 0 Å². The summed E-state index contributed by atoms with van der Waals surface area (Å²) in [6.45, 7) is 3.56. The maximum atomic E-state index is 11.8. The summed E-state index contributed by atoms with van der Waals surface area (Å²) < 4.78 is 10.5. The van der Waals surface area contributed by atoms with Gasteiger partial charge in [-0.1, -0.05) is 36.5 Å². The number of H-pyrrole nitrogens is 1. The Morgan fingerprint density at radius 2 is 1.96 bits per heavy atom. The van der Waals surface area contributed by atoms with Crippen molar-refractivity contribution in [1.29, 1.82) is 0 Å². The lowest BCUT2D eigenvalue weighted by Gasteiger charge is -2.05. The Kier molecular flexibility index (Phi) is 6.20. The zero-order valence-electron chi connectivity index (χ0n) is 14.1. The lowest BCUT2D eigenvalue weighted by atomic mass is 10.1. The fourth-order valence-corrected chi connectivity index (χ4v) is 2.02. The molecule has 0 aliphatic heterocycles. The first kappa shape index (κ1) is 17.3. The van der Waals surface area contributed by atoms with Crippen LogP contribution in [0, 0.1) is 6.92 Å². The van der Waals surface area contributed by atoms with E-state index in [1.165, 1.54) is 7.11 Å². The van der Waals surface area contributed by atoms with Crippen LogP contribution in [0.3, 0.4) is 0 Å². The Labute approximate surface area is 141 Å². The molecule has 0 saturated heterocycles. The molecule has 0 aliphatic carbocycles. The topological polar surface area (TPSA) is 55.2 Å². The Morgan fingerprint density at radius 3 is 2.67 bits per heavy atom. The summed E-state index contributed by atoms with van der Waals surface area (Å²) in [4.78, 5) is 14.9. The summed E-state index contributed by atoms with van der Waals surface area (Å²) in [7, 11) is 1.54. The highest BCUT2D eigenvalue weighted by atomic mass is 16.5. The molecule has 0 unspecified atom stereocenters. The van der Waals surface area contributed by atoms with Gasteiger partial charge in [0.1, 0.15) is 11.5 Å². The van der Waals surface area contributed by atoms with E-state index in [0.717, 1.165) is 11.3 Å². The molecule has 0 radical (unpaired) electrons. The number of hydrogen-bond donors (Lipinski definition) is 1. The number of nitrogens with one attached hydrogen (secondary N) is 1. The van der Waals surface area contributed by atoms with Crippen LogP contribution in [0.5, 0.6) is 5.75 Å². The fourth-order valence-electron chi connectivity index (χ4n) is 2.02. The van der Waals surface area contributed by atoms with E-state index in [-0.39, 0.29) is 5.63 Å². The van der Waals surface area contributed by atoms with Gasteiger partial charge < -0.3 is 14.1 Å². The van der Waals surface area contributed by atoms with E-state index < -0.39 is 0 Å². The third kappa shape index (κ3) is 4.74. The largest absolute Gasteiger partial charge is 0.496 e. The van der Waals surface area contributed by atoms with Gasteiger partial charge in [-0.3, -0.25) is 0 Å². The second-order valence-corrected chi connectivity index (χ2v) is 5.20. The molecule has 24 heavy (non-hydrogen) atoms. The zero-order valence-corrected chi connectivity index (χ0v) is 14.1. The van der Waals surface area contributed by atoms with E-state index in [2.05, 4.69) is 4.98 Å². The number of aromatic amines is 1. The van der Waals surface area contributed by atoms with Crippen molar-refractivity contribution in [1.82, 2.24) is 4.98 Å². The van der Waals surface area contributed by atoms with E-state index in [0.29, 0.717) is 17.1 Å². The first-order valence-electron chi connectivity index (χ1n) is 7.62. The minimum atomic E-state index is -0.379. The van der Waals surface area contributed by atoms with Crippen LogP contribution in [0.4, 0.5) is 0 Å². The van der Waals surface area contributed by atoms with E-state index >= 15 is 0 Å². The van der Waals surface area contributed by atoms with Gasteiger partial charge in [0.25, 0.3) is 0 Å². The van der Waals surface area contributed by atoms with Gasteiger partial charge >= 0.3 is 5.63 Å². The van der Waals surface area contributed by atoms with Crippen molar-refractivity contribution in [3.63, 3.8) is 0 Å². The second kappa shape index (κ2) is 8.58. The van der Waals surface area contributed by atoms with Gasteiger partial charge in [-0.05, 0) is 37.6 Å². The number of aromatic nitrogens is 1. The molecular weight excluding hydrogens is 302 g/mol. The monoisotopic (exact) mass is 323 g/mol. The molecule has 2 heterocycles. The maximum absolute atomic E-state index is 11.8. The SMILES string of the molecule is COc1cc(/C(C)=C/C=C/C=C/C=C/c2ccc[nH]2)oc(=O)c1C. The van der Waals surface area contributed by atoms with Gasteiger partial charge in [0.05, 0.1) is 12.7 Å². The van der Waals surface area contributed by atoms with Crippen molar-refractivity contribution in [2.75, 3.05) is 7.11 Å². The smallest absolute Gasteiger partial charge is 0.342 e. The highest BCUT2D eigenvalue weighted by Gasteiger charge is 2.08. The van der Waals surface area contributed by atoms with Crippen LogP contribution in [-0.4, -0.2) is 12.1 Å². The Balaban J connectivity index is 2.01. The summed E-state index contributed by atoms with van der Waals surface area (Å²) in [6.07, 6.45) is 15.4. The van der Waals surface area contributed by atoms with Crippen LogP contribution in [0.15, 0.2) is 70.1 Å². The summed E-state index contributed by atoms with van der Waals surface area (Å²) in [5, 5.41) is 0. The quantitative estimate of drug-likeness (QED) is 0.796. The lowest BCUT2D eigenvalue weighted by molar-refractivity contribution is 0.395. The molecule has 0 amide bonds. The molecule has 2 aromatic heterocycles. The molecule has 2 aromatic rings. The molecular formula is C20H21NO3. The molecule has 4 heteroatoms. The van der Waals surface area contributed by atoms with Gasteiger partial charge in [0.15, 0.2) is 0 Å². The van der Waals surface area contributed by atoms with Gasteiger partial charge in [0, 0.05) is 18.0 Å². The van der Waals surface area contributed by atoms with Crippen molar-refractivity contribution >= 4 is 11.6 Å². The van der Waals surface area contributed by atoms with Gasteiger partial charge in [0.2, 0.25) is 0 Å². The Morgan fingerprint density at radius 1 is 1.21 bits per heavy atom. The second-order valence-electron chi connectivity index (χ2n) is 5.20. The predicted octanol–water partition coefficient (Wildman–Crippen LogP) is 4.51. The van der Waals surface area contributed by atoms with Crippen LogP contribution in [-0.2, 0) is 0 Å². The van der Waals surface area contributed by atoms with E-state index in [9.17, 15) is 4.79 Å². The number of allylic oxidation sites excluding steroid dienone is 7. The average molecular weight is 323 g/mol. The highest BCUT2D eigenvalue weighted by molar-refractivity contribution is 5.62. The number of ether oxygens (including phenoxy) is 1.